The second-order valence-corrected chi connectivity index (χ2v) is 5.28. The van der Waals surface area contributed by atoms with Gasteiger partial charge in [0, 0.05) is 26.3 Å². The van der Waals surface area contributed by atoms with Crippen molar-refractivity contribution in [2.45, 2.75) is 6.54 Å². The Morgan fingerprint density at radius 2 is 1.65 bits per heavy atom. The highest BCUT2D eigenvalue weighted by Gasteiger charge is 2.10. The molecule has 0 bridgehead atoms. The molecule has 1 N–H and O–H groups in total. The summed E-state index contributed by atoms with van der Waals surface area (Å²) in [5.74, 6) is -0.836. The smallest absolute Gasteiger partial charge is 0.338 e. The molecule has 0 saturated carbocycles. The fourth-order valence-corrected chi connectivity index (χ4v) is 1.96. The van der Waals surface area contributed by atoms with E-state index in [1.54, 1.807) is 12.1 Å². The van der Waals surface area contributed by atoms with Gasteiger partial charge < -0.3 is 15.0 Å². The lowest BCUT2D eigenvalue weighted by molar-refractivity contribution is -0.124. The second kappa shape index (κ2) is 7.98. The lowest BCUT2D eigenvalue weighted by atomic mass is 10.2. The van der Waals surface area contributed by atoms with E-state index >= 15 is 0 Å². The van der Waals surface area contributed by atoms with Crippen molar-refractivity contribution in [3.8, 4) is 0 Å². The van der Waals surface area contributed by atoms with Crippen molar-refractivity contribution in [1.82, 2.24) is 5.32 Å². The molecular weight excluding hydrogens is 292 g/mol. The summed E-state index contributed by atoms with van der Waals surface area (Å²) in [6.45, 7) is 0.121. The van der Waals surface area contributed by atoms with Crippen LogP contribution in [-0.2, 0) is 16.1 Å². The summed E-state index contributed by atoms with van der Waals surface area (Å²) in [6, 6.07) is 16.6. The molecule has 0 aromatic heterocycles. The number of benzene rings is 2. The van der Waals surface area contributed by atoms with Crippen LogP contribution in [0.1, 0.15) is 15.9 Å². The van der Waals surface area contributed by atoms with Crippen molar-refractivity contribution in [3.05, 3.63) is 65.7 Å². The Labute approximate surface area is 135 Å². The Balaban J connectivity index is 1.78. The van der Waals surface area contributed by atoms with Crippen LogP contribution >= 0.6 is 0 Å². The van der Waals surface area contributed by atoms with Crippen molar-refractivity contribution in [3.63, 3.8) is 0 Å². The van der Waals surface area contributed by atoms with Crippen molar-refractivity contribution in [1.29, 1.82) is 0 Å². The number of nitrogens with zero attached hydrogens (tertiary/aromatic N) is 1. The van der Waals surface area contributed by atoms with Gasteiger partial charge in [0.15, 0.2) is 6.61 Å². The van der Waals surface area contributed by atoms with Crippen LogP contribution in [0.3, 0.4) is 0 Å². The predicted octanol–water partition coefficient (Wildman–Crippen LogP) is 2.23. The average Bonchev–Trinajstić information content (AvgIpc) is 2.58. The van der Waals surface area contributed by atoms with E-state index in [1.807, 2.05) is 61.5 Å². The summed E-state index contributed by atoms with van der Waals surface area (Å²) >= 11 is 0. The molecule has 2 rings (SSSR count). The first kappa shape index (κ1) is 16.5. The molecule has 5 nitrogen and oxygen atoms in total. The Bertz CT molecular complexity index is 652. The van der Waals surface area contributed by atoms with Gasteiger partial charge in [-0.15, -0.1) is 0 Å². The number of carbonyl (C=O) groups is 2. The fraction of sp³-hybridized carbons (Fsp3) is 0.222. The molecule has 1 amide bonds. The normalized spacial score (nSPS) is 10.0. The number of hydrogen-bond acceptors (Lipinski definition) is 4. The fourth-order valence-electron chi connectivity index (χ4n) is 1.96. The minimum Gasteiger partial charge on any atom is -0.452 e. The van der Waals surface area contributed by atoms with Gasteiger partial charge in [-0.3, -0.25) is 4.79 Å². The lowest BCUT2D eigenvalue weighted by Gasteiger charge is -2.12. The SMILES string of the molecule is CN(C)c1ccc(C(=O)OCC(=O)NCc2ccccc2)cc1. The molecule has 0 aliphatic rings. The molecule has 0 unspecified atom stereocenters. The molecule has 2 aromatic rings. The van der Waals surface area contributed by atoms with Crippen LogP contribution in [0.25, 0.3) is 0 Å². The monoisotopic (exact) mass is 312 g/mol. The van der Waals surface area contributed by atoms with E-state index in [9.17, 15) is 9.59 Å². The third-order valence-electron chi connectivity index (χ3n) is 3.29. The number of esters is 1. The molecule has 0 spiro atoms. The first-order valence-corrected chi connectivity index (χ1v) is 7.31. The molecule has 0 fully saturated rings. The lowest BCUT2D eigenvalue weighted by Crippen LogP contribution is -2.28. The molecule has 5 heteroatoms. The summed E-state index contributed by atoms with van der Waals surface area (Å²) in [5, 5.41) is 2.71. The highest BCUT2D eigenvalue weighted by Crippen LogP contribution is 2.12. The van der Waals surface area contributed by atoms with Gasteiger partial charge in [-0.1, -0.05) is 30.3 Å². The van der Waals surface area contributed by atoms with E-state index in [0.29, 0.717) is 12.1 Å². The zero-order valence-corrected chi connectivity index (χ0v) is 13.3. The molecule has 0 saturated heterocycles. The van der Waals surface area contributed by atoms with Gasteiger partial charge in [0.05, 0.1) is 5.56 Å². The minimum absolute atomic E-state index is 0.291. The van der Waals surface area contributed by atoms with Crippen LogP contribution in [0.4, 0.5) is 5.69 Å². The Kier molecular flexibility index (Phi) is 5.74. The van der Waals surface area contributed by atoms with Gasteiger partial charge in [0.25, 0.3) is 5.91 Å². The van der Waals surface area contributed by atoms with Crippen LogP contribution in [0, 0.1) is 0 Å². The first-order valence-electron chi connectivity index (χ1n) is 7.31. The molecule has 120 valence electrons. The number of amides is 1. The molecule has 23 heavy (non-hydrogen) atoms. The number of carbonyl (C=O) groups excluding carboxylic acids is 2. The van der Waals surface area contributed by atoms with Crippen LogP contribution in [0.15, 0.2) is 54.6 Å². The van der Waals surface area contributed by atoms with E-state index in [0.717, 1.165) is 11.3 Å². The number of rotatable bonds is 6. The van der Waals surface area contributed by atoms with Gasteiger partial charge in [-0.05, 0) is 29.8 Å². The number of nitrogens with one attached hydrogen (secondary N) is 1. The first-order chi connectivity index (χ1) is 11.1. The van der Waals surface area contributed by atoms with Crippen LogP contribution in [0.5, 0.6) is 0 Å². The number of hydrogen-bond donors (Lipinski definition) is 1. The molecule has 2 aromatic carbocycles. The van der Waals surface area contributed by atoms with E-state index in [1.165, 1.54) is 0 Å². The highest BCUT2D eigenvalue weighted by atomic mass is 16.5. The van der Waals surface area contributed by atoms with E-state index in [-0.39, 0.29) is 12.5 Å². The largest absolute Gasteiger partial charge is 0.452 e. The second-order valence-electron chi connectivity index (χ2n) is 5.28. The molecule has 0 aliphatic carbocycles. The summed E-state index contributed by atoms with van der Waals surface area (Å²) < 4.78 is 5.01. The third kappa shape index (κ3) is 5.14. The van der Waals surface area contributed by atoms with E-state index < -0.39 is 5.97 Å². The number of anilines is 1. The van der Waals surface area contributed by atoms with Crippen molar-refractivity contribution >= 4 is 17.6 Å². The topological polar surface area (TPSA) is 58.6 Å². The summed E-state index contributed by atoms with van der Waals surface area (Å²) in [4.78, 5) is 25.5. The van der Waals surface area contributed by atoms with Crippen molar-refractivity contribution in [2.24, 2.45) is 0 Å². The zero-order chi connectivity index (χ0) is 16.7. The predicted molar refractivity (Wildman–Crippen MR) is 89.3 cm³/mol. The van der Waals surface area contributed by atoms with Crippen LogP contribution in [0.2, 0.25) is 0 Å². The van der Waals surface area contributed by atoms with Gasteiger partial charge >= 0.3 is 5.97 Å². The summed E-state index contributed by atoms with van der Waals surface area (Å²) in [6.07, 6.45) is 0. The van der Waals surface area contributed by atoms with E-state index in [4.69, 9.17) is 4.74 Å². The average molecular weight is 312 g/mol. The molecular formula is C18H20N2O3. The van der Waals surface area contributed by atoms with Crippen molar-refractivity contribution < 1.29 is 14.3 Å². The molecule has 0 aliphatic heterocycles. The number of ether oxygens (including phenoxy) is 1. The van der Waals surface area contributed by atoms with Crippen LogP contribution in [-0.4, -0.2) is 32.6 Å². The Hall–Kier alpha value is -2.82. The maximum absolute atomic E-state index is 11.9. The standard InChI is InChI=1S/C18H20N2O3/c1-20(2)16-10-8-15(9-11-16)18(22)23-13-17(21)19-12-14-6-4-3-5-7-14/h3-11H,12-13H2,1-2H3,(H,19,21). The quantitative estimate of drug-likeness (QED) is 0.831. The maximum atomic E-state index is 11.9. The molecule has 0 radical (unpaired) electrons. The molecule has 0 atom stereocenters. The Morgan fingerprint density at radius 3 is 2.26 bits per heavy atom. The highest BCUT2D eigenvalue weighted by molar-refractivity contribution is 5.91. The Morgan fingerprint density at radius 1 is 1.00 bits per heavy atom. The van der Waals surface area contributed by atoms with Crippen molar-refractivity contribution in [2.75, 3.05) is 25.6 Å². The molecule has 0 heterocycles. The van der Waals surface area contributed by atoms with Gasteiger partial charge in [0.2, 0.25) is 0 Å². The van der Waals surface area contributed by atoms with Gasteiger partial charge in [0.1, 0.15) is 0 Å². The van der Waals surface area contributed by atoms with Gasteiger partial charge in [-0.2, -0.15) is 0 Å². The van der Waals surface area contributed by atoms with Crippen LogP contribution < -0.4 is 10.2 Å². The zero-order valence-electron chi connectivity index (χ0n) is 13.3. The summed E-state index contributed by atoms with van der Waals surface area (Å²) in [5.41, 5.74) is 2.40. The third-order valence-corrected chi connectivity index (χ3v) is 3.29. The summed E-state index contributed by atoms with van der Waals surface area (Å²) in [7, 11) is 3.84. The van der Waals surface area contributed by atoms with E-state index in [2.05, 4.69) is 5.32 Å². The minimum atomic E-state index is -0.509. The van der Waals surface area contributed by atoms with Gasteiger partial charge in [-0.25, -0.2) is 4.79 Å². The maximum Gasteiger partial charge on any atom is 0.338 e.